The van der Waals surface area contributed by atoms with Crippen LogP contribution in [0.3, 0.4) is 0 Å². The zero-order valence-corrected chi connectivity index (χ0v) is 16.6. The molecule has 0 heterocycles. The first-order valence-electron chi connectivity index (χ1n) is 8.00. The van der Waals surface area contributed by atoms with Crippen molar-refractivity contribution in [3.8, 4) is 5.75 Å². The van der Waals surface area contributed by atoms with Crippen LogP contribution in [0.2, 0.25) is 0 Å². The summed E-state index contributed by atoms with van der Waals surface area (Å²) < 4.78 is 50.5. The van der Waals surface area contributed by atoms with Gasteiger partial charge in [-0.15, -0.1) is 0 Å². The third kappa shape index (κ3) is 7.79. The van der Waals surface area contributed by atoms with Crippen LogP contribution < -0.4 is 10.1 Å². The minimum Gasteiger partial charge on any atom is -0.492 e. The predicted octanol–water partition coefficient (Wildman–Crippen LogP) is 1.91. The van der Waals surface area contributed by atoms with Crippen LogP contribution in [0.25, 0.3) is 0 Å². The summed E-state index contributed by atoms with van der Waals surface area (Å²) in [5.74, 6) is -0.199. The largest absolute Gasteiger partial charge is 0.492 e. The van der Waals surface area contributed by atoms with Crippen molar-refractivity contribution in [2.24, 2.45) is 0 Å². The van der Waals surface area contributed by atoms with Crippen molar-refractivity contribution in [2.45, 2.75) is 5.75 Å². The topological polar surface area (TPSA) is 107 Å². The van der Waals surface area contributed by atoms with Crippen molar-refractivity contribution in [3.63, 3.8) is 0 Å². The first-order chi connectivity index (χ1) is 12.5. The third-order valence-electron chi connectivity index (χ3n) is 3.43. The molecule has 0 atom stereocenters. The molecule has 2 aromatic rings. The van der Waals surface area contributed by atoms with Gasteiger partial charge < -0.3 is 10.1 Å². The summed E-state index contributed by atoms with van der Waals surface area (Å²) in [6, 6.07) is 13.0. The number of rotatable bonds is 8. The molecule has 0 spiro atoms. The Hall–Kier alpha value is -2.39. The van der Waals surface area contributed by atoms with Crippen LogP contribution in [0.15, 0.2) is 48.5 Å². The van der Waals surface area contributed by atoms with E-state index in [0.29, 0.717) is 22.6 Å². The number of carbonyl (C=O) groups is 1. The van der Waals surface area contributed by atoms with Crippen LogP contribution in [0, 0.1) is 0 Å². The number of sulfone groups is 2. The SMILES string of the molecule is CS(=O)(=O)CCOc1cccc(NC(=O)c2cccc(CS(C)(=O)=O)c2)c1. The van der Waals surface area contributed by atoms with Gasteiger partial charge in [0.25, 0.3) is 5.91 Å². The van der Waals surface area contributed by atoms with Crippen LogP contribution in [-0.2, 0) is 25.4 Å². The molecule has 1 amide bonds. The molecule has 1 N–H and O–H groups in total. The van der Waals surface area contributed by atoms with Gasteiger partial charge in [-0.2, -0.15) is 0 Å². The van der Waals surface area contributed by atoms with E-state index in [4.69, 9.17) is 4.74 Å². The van der Waals surface area contributed by atoms with E-state index in [9.17, 15) is 21.6 Å². The zero-order chi connectivity index (χ0) is 20.1. The second-order valence-corrected chi connectivity index (χ2v) is 10.6. The highest BCUT2D eigenvalue weighted by atomic mass is 32.2. The summed E-state index contributed by atoms with van der Waals surface area (Å²) in [5, 5.41) is 2.71. The molecule has 0 unspecified atom stereocenters. The van der Waals surface area contributed by atoms with Crippen LogP contribution >= 0.6 is 0 Å². The van der Waals surface area contributed by atoms with E-state index in [1.54, 1.807) is 42.5 Å². The maximum absolute atomic E-state index is 12.4. The summed E-state index contributed by atoms with van der Waals surface area (Å²) in [4.78, 5) is 12.4. The molecule has 0 aliphatic carbocycles. The summed E-state index contributed by atoms with van der Waals surface area (Å²) in [5.41, 5.74) is 1.34. The van der Waals surface area contributed by atoms with Crippen molar-refractivity contribution in [1.82, 2.24) is 0 Å². The standard InChI is InChI=1S/C18H21NO6S2/c1-26(21,22)10-9-25-17-8-4-7-16(12-17)19-18(20)15-6-3-5-14(11-15)13-27(2,23)24/h3-8,11-12H,9-10,13H2,1-2H3,(H,19,20). The molecule has 0 aliphatic rings. The fourth-order valence-corrected chi connectivity index (χ4v) is 3.45. The van der Waals surface area contributed by atoms with Gasteiger partial charge in [0, 0.05) is 29.8 Å². The molecule has 0 aromatic heterocycles. The van der Waals surface area contributed by atoms with Crippen LogP contribution in [0.1, 0.15) is 15.9 Å². The number of ether oxygens (including phenoxy) is 1. The molecule has 2 rings (SSSR count). The Kier molecular flexibility index (Phi) is 6.61. The quantitative estimate of drug-likeness (QED) is 0.711. The number of hydrogen-bond donors (Lipinski definition) is 1. The number of anilines is 1. The Morgan fingerprint density at radius 3 is 2.33 bits per heavy atom. The number of amides is 1. The van der Waals surface area contributed by atoms with Gasteiger partial charge in [0.15, 0.2) is 19.7 Å². The molecule has 27 heavy (non-hydrogen) atoms. The lowest BCUT2D eigenvalue weighted by Gasteiger charge is -2.10. The molecule has 7 nitrogen and oxygen atoms in total. The highest BCUT2D eigenvalue weighted by Gasteiger charge is 2.10. The predicted molar refractivity (Wildman–Crippen MR) is 105 cm³/mol. The lowest BCUT2D eigenvalue weighted by molar-refractivity contribution is 0.102. The maximum atomic E-state index is 12.4. The molecule has 0 fully saturated rings. The van der Waals surface area contributed by atoms with E-state index >= 15 is 0 Å². The molecule has 0 aliphatic heterocycles. The smallest absolute Gasteiger partial charge is 0.255 e. The summed E-state index contributed by atoms with van der Waals surface area (Å²) in [6.45, 7) is 0.0176. The Morgan fingerprint density at radius 1 is 0.963 bits per heavy atom. The lowest BCUT2D eigenvalue weighted by atomic mass is 10.1. The Labute approximate surface area is 159 Å². The Morgan fingerprint density at radius 2 is 1.67 bits per heavy atom. The van der Waals surface area contributed by atoms with E-state index < -0.39 is 25.6 Å². The molecule has 0 bridgehead atoms. The highest BCUT2D eigenvalue weighted by molar-refractivity contribution is 7.90. The van der Waals surface area contributed by atoms with Gasteiger partial charge in [0.05, 0.1) is 11.5 Å². The zero-order valence-electron chi connectivity index (χ0n) is 15.0. The molecular formula is C18H21NO6S2. The molecule has 0 radical (unpaired) electrons. The molecule has 2 aromatic carbocycles. The lowest BCUT2D eigenvalue weighted by Crippen LogP contribution is -2.13. The molecule has 9 heteroatoms. The average molecular weight is 412 g/mol. The van der Waals surface area contributed by atoms with Crippen molar-refractivity contribution >= 4 is 31.3 Å². The number of benzene rings is 2. The normalized spacial score (nSPS) is 11.8. The fraction of sp³-hybridized carbons (Fsp3) is 0.278. The van der Waals surface area contributed by atoms with Gasteiger partial charge in [0.1, 0.15) is 12.4 Å². The van der Waals surface area contributed by atoms with Crippen molar-refractivity contribution in [3.05, 3.63) is 59.7 Å². The molecule has 0 saturated heterocycles. The number of nitrogens with one attached hydrogen (secondary N) is 1. The third-order valence-corrected chi connectivity index (χ3v) is 5.20. The van der Waals surface area contributed by atoms with Gasteiger partial charge in [-0.3, -0.25) is 4.79 Å². The van der Waals surface area contributed by atoms with E-state index in [1.165, 1.54) is 6.07 Å². The molecule has 0 saturated carbocycles. The number of hydrogen-bond acceptors (Lipinski definition) is 6. The Balaban J connectivity index is 2.05. The van der Waals surface area contributed by atoms with Crippen LogP contribution in [0.5, 0.6) is 5.75 Å². The summed E-state index contributed by atoms with van der Waals surface area (Å²) in [7, 11) is -6.31. The van der Waals surface area contributed by atoms with Gasteiger partial charge >= 0.3 is 0 Å². The van der Waals surface area contributed by atoms with Crippen LogP contribution in [0.4, 0.5) is 5.69 Å². The van der Waals surface area contributed by atoms with E-state index in [-0.39, 0.29) is 18.1 Å². The maximum Gasteiger partial charge on any atom is 0.255 e. The van der Waals surface area contributed by atoms with Gasteiger partial charge in [-0.1, -0.05) is 18.2 Å². The summed E-state index contributed by atoms with van der Waals surface area (Å²) >= 11 is 0. The van der Waals surface area contributed by atoms with Crippen molar-refractivity contribution < 1.29 is 26.4 Å². The van der Waals surface area contributed by atoms with Crippen molar-refractivity contribution in [2.75, 3.05) is 30.2 Å². The van der Waals surface area contributed by atoms with Crippen molar-refractivity contribution in [1.29, 1.82) is 0 Å². The fourth-order valence-electron chi connectivity index (χ4n) is 2.28. The van der Waals surface area contributed by atoms with E-state index in [1.807, 2.05) is 0 Å². The first-order valence-corrected chi connectivity index (χ1v) is 12.1. The Bertz CT molecular complexity index is 1030. The van der Waals surface area contributed by atoms with Gasteiger partial charge in [0.2, 0.25) is 0 Å². The molecular weight excluding hydrogens is 390 g/mol. The average Bonchev–Trinajstić information content (AvgIpc) is 2.52. The minimum atomic E-state index is -3.19. The molecule has 146 valence electrons. The van der Waals surface area contributed by atoms with E-state index in [0.717, 1.165) is 12.5 Å². The first kappa shape index (κ1) is 20.9. The second-order valence-electron chi connectivity index (χ2n) is 6.23. The van der Waals surface area contributed by atoms with Crippen LogP contribution in [-0.4, -0.2) is 47.6 Å². The summed E-state index contributed by atoms with van der Waals surface area (Å²) in [6.07, 6.45) is 2.26. The number of carbonyl (C=O) groups excluding carboxylic acids is 1. The van der Waals surface area contributed by atoms with Gasteiger partial charge in [-0.25, -0.2) is 16.8 Å². The monoisotopic (exact) mass is 411 g/mol. The van der Waals surface area contributed by atoms with Gasteiger partial charge in [-0.05, 0) is 29.8 Å². The van der Waals surface area contributed by atoms with E-state index in [2.05, 4.69) is 5.32 Å². The highest BCUT2D eigenvalue weighted by Crippen LogP contribution is 2.19. The second kappa shape index (κ2) is 8.53. The minimum absolute atomic E-state index is 0.0176.